The van der Waals surface area contributed by atoms with Gasteiger partial charge in [0.05, 0.1) is 0 Å². The molecule has 20 heavy (non-hydrogen) atoms. The summed E-state index contributed by atoms with van der Waals surface area (Å²) in [6.45, 7) is 1.93. The van der Waals surface area contributed by atoms with E-state index in [0.717, 1.165) is 21.9 Å². The molecule has 0 spiro atoms. The van der Waals surface area contributed by atoms with Crippen LogP contribution >= 0.6 is 0 Å². The van der Waals surface area contributed by atoms with Crippen LogP contribution < -0.4 is 5.73 Å². The molecular weight excluding hydrogens is 246 g/mol. The second-order valence-electron chi connectivity index (χ2n) is 4.93. The largest absolute Gasteiger partial charge is 0.399 e. The molecular formula is C18H15NO. The van der Waals surface area contributed by atoms with Crippen molar-refractivity contribution < 1.29 is 4.79 Å². The number of fused-ring (bicyclic) bond motifs is 1. The highest BCUT2D eigenvalue weighted by atomic mass is 16.1. The van der Waals surface area contributed by atoms with Crippen LogP contribution in [0.2, 0.25) is 0 Å². The first kappa shape index (κ1) is 12.4. The maximum atomic E-state index is 12.8. The minimum Gasteiger partial charge on any atom is -0.399 e. The molecule has 0 aromatic heterocycles. The van der Waals surface area contributed by atoms with Crippen LogP contribution in [0.4, 0.5) is 5.69 Å². The van der Waals surface area contributed by atoms with Crippen LogP contribution in [0, 0.1) is 6.92 Å². The van der Waals surface area contributed by atoms with E-state index in [-0.39, 0.29) is 5.78 Å². The first-order valence-electron chi connectivity index (χ1n) is 6.55. The summed E-state index contributed by atoms with van der Waals surface area (Å²) in [5.41, 5.74) is 8.74. The Kier molecular flexibility index (Phi) is 2.99. The number of carbonyl (C=O) groups excluding carboxylic acids is 1. The van der Waals surface area contributed by atoms with E-state index >= 15 is 0 Å². The second-order valence-corrected chi connectivity index (χ2v) is 4.93. The molecule has 0 heterocycles. The number of nitrogens with two attached hydrogens (primary N) is 1. The number of benzene rings is 3. The lowest BCUT2D eigenvalue weighted by Gasteiger charge is -2.09. The van der Waals surface area contributed by atoms with Crippen molar-refractivity contribution >= 4 is 22.2 Å². The molecule has 0 aliphatic carbocycles. The summed E-state index contributed by atoms with van der Waals surface area (Å²) in [5, 5.41) is 2.04. The van der Waals surface area contributed by atoms with Gasteiger partial charge in [0.2, 0.25) is 0 Å². The Balaban J connectivity index is 2.20. The molecule has 0 aliphatic rings. The molecule has 3 aromatic rings. The molecule has 0 atom stereocenters. The van der Waals surface area contributed by atoms with Gasteiger partial charge < -0.3 is 5.73 Å². The molecule has 0 unspecified atom stereocenters. The molecule has 2 heteroatoms. The Bertz CT molecular complexity index is 800. The summed E-state index contributed by atoms with van der Waals surface area (Å²) in [5.74, 6) is 0.0200. The van der Waals surface area contributed by atoms with Crippen LogP contribution in [0.5, 0.6) is 0 Å². The summed E-state index contributed by atoms with van der Waals surface area (Å²) in [6.07, 6.45) is 0. The van der Waals surface area contributed by atoms with Gasteiger partial charge in [-0.3, -0.25) is 4.79 Å². The van der Waals surface area contributed by atoms with Gasteiger partial charge in [-0.25, -0.2) is 0 Å². The number of hydrogen-bond donors (Lipinski definition) is 1. The van der Waals surface area contributed by atoms with Gasteiger partial charge in [0.25, 0.3) is 0 Å². The number of rotatable bonds is 2. The molecule has 3 rings (SSSR count). The van der Waals surface area contributed by atoms with E-state index in [9.17, 15) is 4.79 Å². The smallest absolute Gasteiger partial charge is 0.193 e. The number of nitrogen functional groups attached to an aromatic ring is 1. The lowest BCUT2D eigenvalue weighted by Crippen LogP contribution is -2.05. The van der Waals surface area contributed by atoms with Crippen molar-refractivity contribution in [3.63, 3.8) is 0 Å². The molecule has 0 amide bonds. The fourth-order valence-electron chi connectivity index (χ4n) is 2.45. The molecule has 0 saturated heterocycles. The van der Waals surface area contributed by atoms with E-state index in [1.54, 1.807) is 6.07 Å². The van der Waals surface area contributed by atoms with Crippen LogP contribution in [0.1, 0.15) is 21.5 Å². The molecule has 2 nitrogen and oxygen atoms in total. The minimum atomic E-state index is 0.0200. The van der Waals surface area contributed by atoms with E-state index in [4.69, 9.17) is 5.73 Å². The van der Waals surface area contributed by atoms with Crippen molar-refractivity contribution in [2.45, 2.75) is 6.92 Å². The maximum Gasteiger partial charge on any atom is 0.193 e. The SMILES string of the molecule is Cc1ccc(N)cc1C(=O)c1cccc2ccccc12. The van der Waals surface area contributed by atoms with Crippen LogP contribution in [-0.2, 0) is 0 Å². The van der Waals surface area contributed by atoms with E-state index < -0.39 is 0 Å². The Morgan fingerprint density at radius 3 is 2.50 bits per heavy atom. The molecule has 3 aromatic carbocycles. The Morgan fingerprint density at radius 2 is 1.65 bits per heavy atom. The van der Waals surface area contributed by atoms with Crippen molar-refractivity contribution in [2.75, 3.05) is 5.73 Å². The molecule has 0 fully saturated rings. The van der Waals surface area contributed by atoms with Gasteiger partial charge in [-0.05, 0) is 35.4 Å². The van der Waals surface area contributed by atoms with E-state index in [1.807, 2.05) is 61.5 Å². The minimum absolute atomic E-state index is 0.0200. The van der Waals surface area contributed by atoms with E-state index in [0.29, 0.717) is 11.3 Å². The van der Waals surface area contributed by atoms with Crippen LogP contribution in [0.25, 0.3) is 10.8 Å². The zero-order valence-electron chi connectivity index (χ0n) is 11.3. The van der Waals surface area contributed by atoms with Crippen LogP contribution in [-0.4, -0.2) is 5.78 Å². The number of hydrogen-bond acceptors (Lipinski definition) is 2. The molecule has 98 valence electrons. The predicted molar refractivity (Wildman–Crippen MR) is 83.0 cm³/mol. The summed E-state index contributed by atoms with van der Waals surface area (Å²) >= 11 is 0. The summed E-state index contributed by atoms with van der Waals surface area (Å²) in [6, 6.07) is 19.2. The lowest BCUT2D eigenvalue weighted by atomic mass is 9.94. The van der Waals surface area contributed by atoms with E-state index in [2.05, 4.69) is 0 Å². The number of carbonyl (C=O) groups is 1. The second kappa shape index (κ2) is 4.82. The third-order valence-electron chi connectivity index (χ3n) is 3.54. The highest BCUT2D eigenvalue weighted by Crippen LogP contribution is 2.23. The fourth-order valence-corrected chi connectivity index (χ4v) is 2.45. The van der Waals surface area contributed by atoms with Gasteiger partial charge in [-0.15, -0.1) is 0 Å². The van der Waals surface area contributed by atoms with Crippen molar-refractivity contribution in [2.24, 2.45) is 0 Å². The van der Waals surface area contributed by atoms with Gasteiger partial charge in [0, 0.05) is 16.8 Å². The summed E-state index contributed by atoms with van der Waals surface area (Å²) < 4.78 is 0. The number of anilines is 1. The standard InChI is InChI=1S/C18H15NO/c1-12-9-10-14(19)11-17(12)18(20)16-8-4-6-13-5-2-3-7-15(13)16/h2-11H,19H2,1H3. The fraction of sp³-hybridized carbons (Fsp3) is 0.0556. The quantitative estimate of drug-likeness (QED) is 0.560. The lowest BCUT2D eigenvalue weighted by molar-refractivity contribution is 0.104. The Hall–Kier alpha value is -2.61. The topological polar surface area (TPSA) is 43.1 Å². The zero-order chi connectivity index (χ0) is 14.1. The monoisotopic (exact) mass is 261 g/mol. The highest BCUT2D eigenvalue weighted by Gasteiger charge is 2.14. The third kappa shape index (κ3) is 2.05. The van der Waals surface area contributed by atoms with Crippen LogP contribution in [0.15, 0.2) is 60.7 Å². The predicted octanol–water partition coefficient (Wildman–Crippen LogP) is 3.96. The average molecular weight is 261 g/mol. The third-order valence-corrected chi connectivity index (χ3v) is 3.54. The number of aryl methyl sites for hydroxylation is 1. The maximum absolute atomic E-state index is 12.8. The number of ketones is 1. The van der Waals surface area contributed by atoms with Gasteiger partial charge in [0.1, 0.15) is 0 Å². The molecule has 0 radical (unpaired) electrons. The summed E-state index contributed by atoms with van der Waals surface area (Å²) in [4.78, 5) is 12.8. The van der Waals surface area contributed by atoms with Crippen molar-refractivity contribution in [3.8, 4) is 0 Å². The van der Waals surface area contributed by atoms with Crippen LogP contribution in [0.3, 0.4) is 0 Å². The Morgan fingerprint density at radius 1 is 0.900 bits per heavy atom. The molecule has 0 aliphatic heterocycles. The van der Waals surface area contributed by atoms with Gasteiger partial charge >= 0.3 is 0 Å². The van der Waals surface area contributed by atoms with Gasteiger partial charge in [0.15, 0.2) is 5.78 Å². The van der Waals surface area contributed by atoms with Gasteiger partial charge in [-0.1, -0.05) is 48.5 Å². The van der Waals surface area contributed by atoms with Crippen molar-refractivity contribution in [1.29, 1.82) is 0 Å². The highest BCUT2D eigenvalue weighted by molar-refractivity contribution is 6.17. The van der Waals surface area contributed by atoms with Crippen molar-refractivity contribution in [3.05, 3.63) is 77.4 Å². The first-order chi connectivity index (χ1) is 9.66. The molecule has 2 N–H and O–H groups in total. The van der Waals surface area contributed by atoms with E-state index in [1.165, 1.54) is 0 Å². The normalized spacial score (nSPS) is 10.7. The zero-order valence-corrected chi connectivity index (χ0v) is 11.3. The van der Waals surface area contributed by atoms with Gasteiger partial charge in [-0.2, -0.15) is 0 Å². The molecule has 0 bridgehead atoms. The first-order valence-corrected chi connectivity index (χ1v) is 6.55. The average Bonchev–Trinajstić information content (AvgIpc) is 2.48. The van der Waals surface area contributed by atoms with Crippen molar-refractivity contribution in [1.82, 2.24) is 0 Å². The Labute approximate surface area is 117 Å². The molecule has 0 saturated carbocycles. The summed E-state index contributed by atoms with van der Waals surface area (Å²) in [7, 11) is 0.